The second kappa shape index (κ2) is 4.97. The molecule has 0 amide bonds. The third kappa shape index (κ3) is 2.71. The molecule has 1 aromatic carbocycles. The monoisotopic (exact) mass is 188 g/mol. The van der Waals surface area contributed by atoms with Crippen molar-refractivity contribution in [3.05, 3.63) is 48.0 Å². The van der Waals surface area contributed by atoms with Crippen LogP contribution in [0, 0.1) is 0 Å². The van der Waals surface area contributed by atoms with E-state index in [-0.39, 0.29) is 0 Å². The first-order valence-corrected chi connectivity index (χ1v) is 5.27. The number of allylic oxidation sites excluding steroid dienone is 1. The van der Waals surface area contributed by atoms with Gasteiger partial charge in [0.1, 0.15) is 0 Å². The lowest BCUT2D eigenvalue weighted by Crippen LogP contribution is -2.11. The molecular weight excluding hydrogens is 172 g/mol. The molecule has 0 radical (unpaired) electrons. The summed E-state index contributed by atoms with van der Waals surface area (Å²) in [6.07, 6.45) is 8.39. The molecule has 2 rings (SSSR count). The Bertz CT molecular complexity index is 289. The van der Waals surface area contributed by atoms with Crippen molar-refractivity contribution in [1.82, 2.24) is 0 Å². The summed E-state index contributed by atoms with van der Waals surface area (Å²) in [6.45, 7) is 0.732. The summed E-state index contributed by atoms with van der Waals surface area (Å²) in [6, 6.07) is 10.3. The van der Waals surface area contributed by atoms with Crippen LogP contribution in [0.2, 0.25) is 0 Å². The van der Waals surface area contributed by atoms with Crippen molar-refractivity contribution in [3.8, 4) is 0 Å². The molecule has 0 aliphatic heterocycles. The SMILES string of the molecule is C1=C[C@H](OCc2ccccc2)CCC1. The molecule has 0 heterocycles. The van der Waals surface area contributed by atoms with Crippen molar-refractivity contribution in [3.63, 3.8) is 0 Å². The minimum absolute atomic E-state index is 0.337. The molecule has 0 N–H and O–H groups in total. The van der Waals surface area contributed by atoms with Crippen LogP contribution in [0.25, 0.3) is 0 Å². The maximum Gasteiger partial charge on any atom is 0.0760 e. The van der Waals surface area contributed by atoms with Gasteiger partial charge in [0.15, 0.2) is 0 Å². The van der Waals surface area contributed by atoms with Crippen LogP contribution < -0.4 is 0 Å². The number of hydrogen-bond donors (Lipinski definition) is 0. The van der Waals surface area contributed by atoms with E-state index in [0.717, 1.165) is 6.61 Å². The van der Waals surface area contributed by atoms with E-state index in [1.165, 1.54) is 24.8 Å². The minimum atomic E-state index is 0.337. The fraction of sp³-hybridized carbons (Fsp3) is 0.385. The van der Waals surface area contributed by atoms with Gasteiger partial charge in [-0.15, -0.1) is 0 Å². The smallest absolute Gasteiger partial charge is 0.0760 e. The van der Waals surface area contributed by atoms with Crippen molar-refractivity contribution >= 4 is 0 Å². The zero-order chi connectivity index (χ0) is 9.64. The lowest BCUT2D eigenvalue weighted by Gasteiger charge is -2.16. The van der Waals surface area contributed by atoms with E-state index >= 15 is 0 Å². The van der Waals surface area contributed by atoms with Crippen LogP contribution in [0.15, 0.2) is 42.5 Å². The van der Waals surface area contributed by atoms with Gasteiger partial charge in [-0.1, -0.05) is 42.5 Å². The first-order chi connectivity index (χ1) is 6.95. The maximum absolute atomic E-state index is 5.78. The summed E-state index contributed by atoms with van der Waals surface area (Å²) < 4.78 is 5.78. The summed E-state index contributed by atoms with van der Waals surface area (Å²) >= 11 is 0. The largest absolute Gasteiger partial charge is 0.369 e. The highest BCUT2D eigenvalue weighted by Crippen LogP contribution is 2.15. The Kier molecular flexibility index (Phi) is 3.36. The molecule has 0 bridgehead atoms. The average molecular weight is 188 g/mol. The van der Waals surface area contributed by atoms with Crippen molar-refractivity contribution in [2.45, 2.75) is 32.0 Å². The van der Waals surface area contributed by atoms with Gasteiger partial charge >= 0.3 is 0 Å². The van der Waals surface area contributed by atoms with Crippen molar-refractivity contribution < 1.29 is 4.74 Å². The summed E-state index contributed by atoms with van der Waals surface area (Å²) in [5.41, 5.74) is 1.26. The Balaban J connectivity index is 1.82. The molecule has 1 aromatic rings. The third-order valence-electron chi connectivity index (χ3n) is 2.52. The molecule has 74 valence electrons. The summed E-state index contributed by atoms with van der Waals surface area (Å²) in [5, 5.41) is 0. The highest BCUT2D eigenvalue weighted by molar-refractivity contribution is 5.13. The molecule has 0 saturated carbocycles. The van der Waals surface area contributed by atoms with Crippen LogP contribution in [0.1, 0.15) is 24.8 Å². The number of benzene rings is 1. The van der Waals surface area contributed by atoms with E-state index in [0.29, 0.717) is 6.10 Å². The summed E-state index contributed by atoms with van der Waals surface area (Å²) in [5.74, 6) is 0. The molecule has 14 heavy (non-hydrogen) atoms. The highest BCUT2D eigenvalue weighted by Gasteiger charge is 2.07. The summed E-state index contributed by atoms with van der Waals surface area (Å²) in [4.78, 5) is 0. The molecule has 1 heteroatoms. The van der Waals surface area contributed by atoms with E-state index in [2.05, 4.69) is 36.4 Å². The zero-order valence-corrected chi connectivity index (χ0v) is 8.36. The van der Waals surface area contributed by atoms with Crippen molar-refractivity contribution in [1.29, 1.82) is 0 Å². The molecular formula is C13H16O. The maximum atomic E-state index is 5.78. The first kappa shape index (κ1) is 9.47. The predicted octanol–water partition coefficient (Wildman–Crippen LogP) is 3.31. The minimum Gasteiger partial charge on any atom is -0.369 e. The van der Waals surface area contributed by atoms with E-state index in [1.807, 2.05) is 6.07 Å². The Morgan fingerprint density at radius 3 is 2.79 bits per heavy atom. The molecule has 0 fully saturated rings. The molecule has 1 aliphatic rings. The second-order valence-corrected chi connectivity index (χ2v) is 3.69. The van der Waals surface area contributed by atoms with Gasteiger partial charge in [0.05, 0.1) is 12.7 Å². The van der Waals surface area contributed by atoms with Gasteiger partial charge in [-0.25, -0.2) is 0 Å². The zero-order valence-electron chi connectivity index (χ0n) is 8.36. The van der Waals surface area contributed by atoms with E-state index in [9.17, 15) is 0 Å². The van der Waals surface area contributed by atoms with Crippen LogP contribution in [0.3, 0.4) is 0 Å². The quantitative estimate of drug-likeness (QED) is 0.661. The Morgan fingerprint density at radius 1 is 1.21 bits per heavy atom. The average Bonchev–Trinajstić information content (AvgIpc) is 2.29. The molecule has 1 atom stereocenters. The molecule has 0 spiro atoms. The van der Waals surface area contributed by atoms with Gasteiger partial charge in [-0.2, -0.15) is 0 Å². The Hall–Kier alpha value is -1.08. The predicted molar refractivity (Wildman–Crippen MR) is 58.0 cm³/mol. The van der Waals surface area contributed by atoms with Gasteiger partial charge in [0.2, 0.25) is 0 Å². The molecule has 0 saturated heterocycles. The second-order valence-electron chi connectivity index (χ2n) is 3.69. The van der Waals surface area contributed by atoms with Crippen LogP contribution >= 0.6 is 0 Å². The molecule has 0 unspecified atom stereocenters. The van der Waals surface area contributed by atoms with Crippen molar-refractivity contribution in [2.24, 2.45) is 0 Å². The van der Waals surface area contributed by atoms with E-state index in [1.54, 1.807) is 0 Å². The first-order valence-electron chi connectivity index (χ1n) is 5.27. The highest BCUT2D eigenvalue weighted by atomic mass is 16.5. The van der Waals surface area contributed by atoms with Crippen LogP contribution in [0.4, 0.5) is 0 Å². The van der Waals surface area contributed by atoms with Gasteiger partial charge < -0.3 is 4.74 Å². The standard InChI is InChI=1S/C13H16O/c1-3-7-12(8-4-1)11-14-13-9-5-2-6-10-13/h1,3-5,7-9,13H,2,6,10-11H2/t13-/m0/s1. The van der Waals surface area contributed by atoms with Gasteiger partial charge in [0, 0.05) is 0 Å². The number of ether oxygens (including phenoxy) is 1. The normalized spacial score (nSPS) is 21.0. The van der Waals surface area contributed by atoms with Crippen LogP contribution in [-0.2, 0) is 11.3 Å². The fourth-order valence-corrected chi connectivity index (χ4v) is 1.70. The fourth-order valence-electron chi connectivity index (χ4n) is 1.70. The lowest BCUT2D eigenvalue weighted by atomic mass is 10.1. The van der Waals surface area contributed by atoms with Crippen molar-refractivity contribution in [2.75, 3.05) is 0 Å². The molecule has 0 aromatic heterocycles. The van der Waals surface area contributed by atoms with E-state index < -0.39 is 0 Å². The van der Waals surface area contributed by atoms with E-state index in [4.69, 9.17) is 4.74 Å². The number of hydrogen-bond acceptors (Lipinski definition) is 1. The Morgan fingerprint density at radius 2 is 2.07 bits per heavy atom. The topological polar surface area (TPSA) is 9.23 Å². The lowest BCUT2D eigenvalue weighted by molar-refractivity contribution is 0.0625. The summed E-state index contributed by atoms with van der Waals surface area (Å²) in [7, 11) is 0. The number of rotatable bonds is 3. The third-order valence-corrected chi connectivity index (χ3v) is 2.52. The Labute approximate surface area is 85.4 Å². The van der Waals surface area contributed by atoms with Crippen LogP contribution in [0.5, 0.6) is 0 Å². The van der Waals surface area contributed by atoms with Gasteiger partial charge in [-0.3, -0.25) is 0 Å². The van der Waals surface area contributed by atoms with Crippen LogP contribution in [-0.4, -0.2) is 6.10 Å². The molecule has 1 aliphatic carbocycles. The van der Waals surface area contributed by atoms with Gasteiger partial charge in [-0.05, 0) is 24.8 Å². The molecule has 1 nitrogen and oxygen atoms in total. The van der Waals surface area contributed by atoms with Gasteiger partial charge in [0.25, 0.3) is 0 Å².